The molecule has 1 fully saturated rings. The summed E-state index contributed by atoms with van der Waals surface area (Å²) < 4.78 is 0. The molecule has 0 aromatic heterocycles. The summed E-state index contributed by atoms with van der Waals surface area (Å²) in [6.07, 6.45) is 6.69. The van der Waals surface area contributed by atoms with Gasteiger partial charge in [-0.1, -0.05) is 12.8 Å². The van der Waals surface area contributed by atoms with E-state index >= 15 is 0 Å². The molecule has 1 saturated carbocycles. The van der Waals surface area contributed by atoms with Crippen molar-refractivity contribution in [2.45, 2.75) is 57.9 Å². The monoisotopic (exact) mass is 270 g/mol. The van der Waals surface area contributed by atoms with Gasteiger partial charge in [0.1, 0.15) is 0 Å². The lowest BCUT2D eigenvalue weighted by Crippen LogP contribution is -2.41. The molecule has 0 heterocycles. The highest BCUT2D eigenvalue weighted by Gasteiger charge is 2.18. The van der Waals surface area contributed by atoms with Crippen molar-refractivity contribution in [3.8, 4) is 0 Å². The maximum absolute atomic E-state index is 11.6. The van der Waals surface area contributed by atoms with Crippen LogP contribution in [0.25, 0.3) is 0 Å². The molecule has 0 aromatic rings. The first-order valence-corrected chi connectivity index (χ1v) is 7.28. The quantitative estimate of drug-likeness (QED) is 0.614. The van der Waals surface area contributed by atoms with Gasteiger partial charge in [-0.15, -0.1) is 0 Å². The van der Waals surface area contributed by atoms with E-state index in [2.05, 4.69) is 10.6 Å². The molecular weight excluding hydrogens is 244 g/mol. The van der Waals surface area contributed by atoms with E-state index in [1.54, 1.807) is 0 Å². The number of carbonyl (C=O) groups is 2. The number of aliphatic hydroxyl groups is 1. The van der Waals surface area contributed by atoms with Crippen LogP contribution in [-0.4, -0.2) is 36.1 Å². The largest absolute Gasteiger partial charge is 0.396 e. The molecule has 1 aliphatic rings. The maximum Gasteiger partial charge on any atom is 0.239 e. The van der Waals surface area contributed by atoms with Gasteiger partial charge in [0.2, 0.25) is 11.8 Å². The first kappa shape index (κ1) is 16.0. The summed E-state index contributed by atoms with van der Waals surface area (Å²) in [6.45, 7) is 2.08. The molecule has 1 unspecified atom stereocenters. The van der Waals surface area contributed by atoms with E-state index in [1.165, 1.54) is 12.8 Å². The highest BCUT2D eigenvalue weighted by molar-refractivity contribution is 5.84. The van der Waals surface area contributed by atoms with Gasteiger partial charge in [0.05, 0.1) is 6.54 Å². The predicted octanol–water partition coefficient (Wildman–Crippen LogP) is 0.960. The summed E-state index contributed by atoms with van der Waals surface area (Å²) in [5, 5.41) is 14.2. The minimum absolute atomic E-state index is 0.0231. The standard InChI is InChI=1S/C14H26N2O3/c1-11(5-4-8-17)16-14(19)10-15-13(18)9-12-6-2-3-7-12/h11-12,17H,2-10H2,1H3,(H,15,18)(H,16,19). The Bertz CT molecular complexity index is 288. The van der Waals surface area contributed by atoms with Gasteiger partial charge < -0.3 is 15.7 Å². The third kappa shape index (κ3) is 7.15. The fraction of sp³-hybridized carbons (Fsp3) is 0.857. The number of rotatable bonds is 8. The Morgan fingerprint density at radius 3 is 2.58 bits per heavy atom. The molecule has 1 atom stereocenters. The van der Waals surface area contributed by atoms with E-state index in [0.29, 0.717) is 18.8 Å². The van der Waals surface area contributed by atoms with Crippen LogP contribution in [0.3, 0.4) is 0 Å². The third-order valence-corrected chi connectivity index (χ3v) is 3.60. The highest BCUT2D eigenvalue weighted by atomic mass is 16.3. The second kappa shape index (κ2) is 8.91. The number of amides is 2. The Morgan fingerprint density at radius 1 is 1.26 bits per heavy atom. The second-order valence-corrected chi connectivity index (χ2v) is 5.47. The van der Waals surface area contributed by atoms with E-state index < -0.39 is 0 Å². The van der Waals surface area contributed by atoms with Crippen molar-refractivity contribution in [1.29, 1.82) is 0 Å². The van der Waals surface area contributed by atoms with Crippen LogP contribution in [0.5, 0.6) is 0 Å². The van der Waals surface area contributed by atoms with E-state index in [9.17, 15) is 9.59 Å². The van der Waals surface area contributed by atoms with E-state index in [4.69, 9.17) is 5.11 Å². The topological polar surface area (TPSA) is 78.4 Å². The van der Waals surface area contributed by atoms with Crippen molar-refractivity contribution in [3.05, 3.63) is 0 Å². The molecule has 0 saturated heterocycles. The van der Waals surface area contributed by atoms with Gasteiger partial charge in [0.15, 0.2) is 0 Å². The molecule has 0 aromatic carbocycles. The summed E-state index contributed by atoms with van der Waals surface area (Å²) in [5.41, 5.74) is 0. The zero-order valence-corrected chi connectivity index (χ0v) is 11.8. The number of aliphatic hydroxyl groups excluding tert-OH is 1. The van der Waals surface area contributed by atoms with Crippen molar-refractivity contribution in [1.82, 2.24) is 10.6 Å². The Kier molecular flexibility index (Phi) is 7.48. The molecule has 0 radical (unpaired) electrons. The molecule has 5 nitrogen and oxygen atoms in total. The van der Waals surface area contributed by atoms with Gasteiger partial charge in [-0.05, 0) is 38.5 Å². The Hall–Kier alpha value is -1.10. The minimum atomic E-state index is -0.162. The van der Waals surface area contributed by atoms with Crippen molar-refractivity contribution in [3.63, 3.8) is 0 Å². The average molecular weight is 270 g/mol. The number of nitrogens with one attached hydrogen (secondary N) is 2. The lowest BCUT2D eigenvalue weighted by atomic mass is 10.0. The molecular formula is C14H26N2O3. The van der Waals surface area contributed by atoms with Crippen molar-refractivity contribution in [2.24, 2.45) is 5.92 Å². The maximum atomic E-state index is 11.6. The van der Waals surface area contributed by atoms with Crippen LogP contribution in [0.1, 0.15) is 51.9 Å². The molecule has 2 amide bonds. The molecule has 110 valence electrons. The van der Waals surface area contributed by atoms with Gasteiger partial charge in [-0.3, -0.25) is 9.59 Å². The number of hydrogen-bond donors (Lipinski definition) is 3. The van der Waals surface area contributed by atoms with E-state index in [1.807, 2.05) is 6.92 Å². The van der Waals surface area contributed by atoms with Gasteiger partial charge in [0.25, 0.3) is 0 Å². The van der Waals surface area contributed by atoms with E-state index in [0.717, 1.165) is 19.3 Å². The smallest absolute Gasteiger partial charge is 0.239 e. The normalized spacial score (nSPS) is 17.2. The van der Waals surface area contributed by atoms with Crippen molar-refractivity contribution in [2.75, 3.05) is 13.2 Å². The Morgan fingerprint density at radius 2 is 1.95 bits per heavy atom. The third-order valence-electron chi connectivity index (χ3n) is 3.60. The van der Waals surface area contributed by atoms with E-state index in [-0.39, 0.29) is 31.0 Å². The summed E-state index contributed by atoms with van der Waals surface area (Å²) in [4.78, 5) is 23.2. The molecule has 0 bridgehead atoms. The molecule has 0 aliphatic heterocycles. The summed E-state index contributed by atoms with van der Waals surface area (Å²) in [7, 11) is 0. The Balaban J connectivity index is 2.09. The van der Waals surface area contributed by atoms with Crippen LogP contribution < -0.4 is 10.6 Å². The zero-order valence-electron chi connectivity index (χ0n) is 11.8. The van der Waals surface area contributed by atoms with Crippen LogP contribution >= 0.6 is 0 Å². The number of hydrogen-bond acceptors (Lipinski definition) is 3. The van der Waals surface area contributed by atoms with Crippen LogP contribution in [0.2, 0.25) is 0 Å². The Labute approximate surface area is 115 Å². The SMILES string of the molecule is CC(CCCO)NC(=O)CNC(=O)CC1CCCC1. The highest BCUT2D eigenvalue weighted by Crippen LogP contribution is 2.27. The lowest BCUT2D eigenvalue weighted by molar-refractivity contribution is -0.126. The van der Waals surface area contributed by atoms with Crippen molar-refractivity contribution < 1.29 is 14.7 Å². The van der Waals surface area contributed by atoms with Crippen LogP contribution in [0.4, 0.5) is 0 Å². The summed E-state index contributed by atoms with van der Waals surface area (Å²) in [6, 6.07) is 0.0337. The molecule has 5 heteroatoms. The van der Waals surface area contributed by atoms with Gasteiger partial charge in [-0.2, -0.15) is 0 Å². The molecule has 1 rings (SSSR count). The summed E-state index contributed by atoms with van der Waals surface area (Å²) in [5.74, 6) is 0.321. The average Bonchev–Trinajstić information content (AvgIpc) is 2.86. The molecule has 19 heavy (non-hydrogen) atoms. The first-order valence-electron chi connectivity index (χ1n) is 7.28. The minimum Gasteiger partial charge on any atom is -0.396 e. The van der Waals surface area contributed by atoms with Gasteiger partial charge >= 0.3 is 0 Å². The van der Waals surface area contributed by atoms with Crippen LogP contribution in [0.15, 0.2) is 0 Å². The first-order chi connectivity index (χ1) is 9.11. The molecule has 3 N–H and O–H groups in total. The molecule has 0 spiro atoms. The number of carbonyl (C=O) groups excluding carboxylic acids is 2. The second-order valence-electron chi connectivity index (χ2n) is 5.47. The van der Waals surface area contributed by atoms with Gasteiger partial charge in [-0.25, -0.2) is 0 Å². The van der Waals surface area contributed by atoms with Crippen LogP contribution in [0, 0.1) is 5.92 Å². The lowest BCUT2D eigenvalue weighted by Gasteiger charge is -2.14. The predicted molar refractivity (Wildman–Crippen MR) is 73.5 cm³/mol. The van der Waals surface area contributed by atoms with Crippen LogP contribution in [-0.2, 0) is 9.59 Å². The zero-order chi connectivity index (χ0) is 14.1. The van der Waals surface area contributed by atoms with Crippen molar-refractivity contribution >= 4 is 11.8 Å². The summed E-state index contributed by atoms with van der Waals surface area (Å²) >= 11 is 0. The molecule has 1 aliphatic carbocycles. The fourth-order valence-electron chi connectivity index (χ4n) is 2.52. The van der Waals surface area contributed by atoms with Gasteiger partial charge in [0, 0.05) is 19.1 Å². The fourth-order valence-corrected chi connectivity index (χ4v) is 2.52.